The van der Waals surface area contributed by atoms with Crippen molar-refractivity contribution in [1.29, 1.82) is 0 Å². The third-order valence-electron chi connectivity index (χ3n) is 4.28. The minimum Gasteiger partial charge on any atom is -0.299 e. The number of Topliss-reactive ketones (excluding diaryl/α,β-unsaturated/α-hetero) is 1. The smallest absolute Gasteiger partial charge is 0.138 e. The van der Waals surface area contributed by atoms with E-state index < -0.39 is 0 Å². The minimum atomic E-state index is 0.0854. The summed E-state index contributed by atoms with van der Waals surface area (Å²) in [5.41, 5.74) is 1.07. The molecule has 1 aliphatic heterocycles. The van der Waals surface area contributed by atoms with Crippen molar-refractivity contribution in [2.45, 2.75) is 39.3 Å². The molecule has 1 heterocycles. The monoisotopic (exact) mass is 299 g/mol. The number of piperidine rings is 1. The van der Waals surface area contributed by atoms with Crippen molar-refractivity contribution in [2.75, 3.05) is 6.54 Å². The van der Waals surface area contributed by atoms with E-state index in [4.69, 9.17) is 23.2 Å². The van der Waals surface area contributed by atoms with Crippen molar-refractivity contribution in [3.8, 4) is 0 Å². The summed E-state index contributed by atoms with van der Waals surface area (Å²) in [6.07, 6.45) is 0.626. The molecule has 19 heavy (non-hydrogen) atoms. The van der Waals surface area contributed by atoms with E-state index >= 15 is 0 Å². The minimum absolute atomic E-state index is 0.0854. The summed E-state index contributed by atoms with van der Waals surface area (Å²) in [7, 11) is 0. The number of halogens is 2. The van der Waals surface area contributed by atoms with Crippen LogP contribution in [0.25, 0.3) is 0 Å². The molecule has 3 atom stereocenters. The van der Waals surface area contributed by atoms with Gasteiger partial charge in [0.05, 0.1) is 0 Å². The molecular formula is C15H19Cl2NO. The highest BCUT2D eigenvalue weighted by molar-refractivity contribution is 6.35. The van der Waals surface area contributed by atoms with Crippen molar-refractivity contribution >= 4 is 29.0 Å². The first-order chi connectivity index (χ1) is 8.91. The fourth-order valence-electron chi connectivity index (χ4n) is 2.79. The number of rotatable bonds is 2. The Morgan fingerprint density at radius 3 is 2.63 bits per heavy atom. The summed E-state index contributed by atoms with van der Waals surface area (Å²) in [6, 6.07) is 6.04. The van der Waals surface area contributed by atoms with Gasteiger partial charge in [-0.1, -0.05) is 36.2 Å². The van der Waals surface area contributed by atoms with Gasteiger partial charge in [0.1, 0.15) is 5.78 Å². The first-order valence-electron chi connectivity index (χ1n) is 6.65. The van der Waals surface area contributed by atoms with Crippen LogP contribution in [0.15, 0.2) is 18.2 Å². The highest BCUT2D eigenvalue weighted by Crippen LogP contribution is 2.34. The molecule has 0 bridgehead atoms. The number of carbonyl (C=O) groups is 1. The SMILES string of the molecule is CC1C(=O)CCN(C(C)c2ccc(Cl)cc2Cl)C1C. The molecule has 0 spiro atoms. The van der Waals surface area contributed by atoms with E-state index in [0.29, 0.717) is 22.2 Å². The van der Waals surface area contributed by atoms with Crippen LogP contribution in [-0.2, 0) is 4.79 Å². The maximum Gasteiger partial charge on any atom is 0.138 e. The van der Waals surface area contributed by atoms with Gasteiger partial charge in [0.25, 0.3) is 0 Å². The Kier molecular flexibility index (Phi) is 4.54. The fraction of sp³-hybridized carbons (Fsp3) is 0.533. The maximum atomic E-state index is 11.8. The van der Waals surface area contributed by atoms with Crippen LogP contribution in [0.2, 0.25) is 10.0 Å². The molecule has 2 nitrogen and oxygen atoms in total. The van der Waals surface area contributed by atoms with Gasteiger partial charge < -0.3 is 0 Å². The number of likely N-dealkylation sites (tertiary alicyclic amines) is 1. The van der Waals surface area contributed by atoms with Gasteiger partial charge in [0.2, 0.25) is 0 Å². The molecule has 0 aliphatic carbocycles. The molecule has 1 aliphatic rings. The van der Waals surface area contributed by atoms with E-state index in [1.807, 2.05) is 19.1 Å². The Labute approximate surface area is 124 Å². The summed E-state index contributed by atoms with van der Waals surface area (Å²) in [4.78, 5) is 14.1. The fourth-order valence-corrected chi connectivity index (χ4v) is 3.36. The summed E-state index contributed by atoms with van der Waals surface area (Å²) in [6.45, 7) is 7.05. The van der Waals surface area contributed by atoms with Crippen LogP contribution in [0.1, 0.15) is 38.8 Å². The zero-order valence-electron chi connectivity index (χ0n) is 11.5. The quantitative estimate of drug-likeness (QED) is 0.809. The van der Waals surface area contributed by atoms with Gasteiger partial charge in [0, 0.05) is 41.0 Å². The number of nitrogens with zero attached hydrogens (tertiary/aromatic N) is 1. The highest BCUT2D eigenvalue weighted by Gasteiger charge is 2.34. The lowest BCUT2D eigenvalue weighted by molar-refractivity contribution is -0.128. The molecule has 1 fully saturated rings. The molecule has 0 saturated carbocycles. The van der Waals surface area contributed by atoms with Gasteiger partial charge in [-0.05, 0) is 31.5 Å². The second-order valence-corrected chi connectivity index (χ2v) is 6.17. The van der Waals surface area contributed by atoms with Crippen molar-refractivity contribution < 1.29 is 4.79 Å². The average Bonchev–Trinajstić information content (AvgIpc) is 2.35. The molecule has 0 amide bonds. The van der Waals surface area contributed by atoms with Crippen LogP contribution in [-0.4, -0.2) is 23.3 Å². The Balaban J connectivity index is 2.24. The number of benzene rings is 1. The molecule has 1 aromatic rings. The molecule has 0 N–H and O–H groups in total. The lowest BCUT2D eigenvalue weighted by Crippen LogP contribution is -2.47. The molecular weight excluding hydrogens is 281 g/mol. The molecule has 2 rings (SSSR count). The van der Waals surface area contributed by atoms with Crippen LogP contribution in [0.3, 0.4) is 0 Å². The first kappa shape index (κ1) is 14.8. The van der Waals surface area contributed by atoms with E-state index in [0.717, 1.165) is 12.1 Å². The second-order valence-electron chi connectivity index (χ2n) is 5.33. The van der Waals surface area contributed by atoms with Crippen molar-refractivity contribution in [3.63, 3.8) is 0 Å². The van der Waals surface area contributed by atoms with Crippen LogP contribution >= 0.6 is 23.2 Å². The predicted octanol–water partition coefficient (Wildman–Crippen LogP) is 4.35. The highest BCUT2D eigenvalue weighted by atomic mass is 35.5. The van der Waals surface area contributed by atoms with Gasteiger partial charge in [-0.2, -0.15) is 0 Å². The lowest BCUT2D eigenvalue weighted by Gasteiger charge is -2.41. The Hall–Kier alpha value is -0.570. The molecule has 4 heteroatoms. The van der Waals surface area contributed by atoms with E-state index in [1.165, 1.54) is 0 Å². The van der Waals surface area contributed by atoms with Crippen LogP contribution in [0.4, 0.5) is 0 Å². The molecule has 1 saturated heterocycles. The third kappa shape index (κ3) is 2.96. The maximum absolute atomic E-state index is 11.8. The van der Waals surface area contributed by atoms with Crippen molar-refractivity contribution in [1.82, 2.24) is 4.90 Å². The normalized spacial score (nSPS) is 26.5. The van der Waals surface area contributed by atoms with Gasteiger partial charge in [0.15, 0.2) is 0 Å². The van der Waals surface area contributed by atoms with Crippen LogP contribution in [0, 0.1) is 5.92 Å². The average molecular weight is 300 g/mol. The molecule has 104 valence electrons. The largest absolute Gasteiger partial charge is 0.299 e. The van der Waals surface area contributed by atoms with Gasteiger partial charge >= 0.3 is 0 Å². The van der Waals surface area contributed by atoms with E-state index in [2.05, 4.69) is 18.7 Å². The summed E-state index contributed by atoms with van der Waals surface area (Å²) < 4.78 is 0. The second kappa shape index (κ2) is 5.82. The predicted molar refractivity (Wildman–Crippen MR) is 79.8 cm³/mol. The molecule has 3 unspecified atom stereocenters. The van der Waals surface area contributed by atoms with Crippen LogP contribution in [0.5, 0.6) is 0 Å². The third-order valence-corrected chi connectivity index (χ3v) is 4.84. The standard InChI is InChI=1S/C15H19Cl2NO/c1-9-10(2)18(7-6-15(9)19)11(3)13-5-4-12(16)8-14(13)17/h4-5,8-11H,6-7H2,1-3H3. The first-order valence-corrected chi connectivity index (χ1v) is 7.40. The number of carbonyl (C=O) groups excluding carboxylic acids is 1. The van der Waals surface area contributed by atoms with Gasteiger partial charge in [-0.3, -0.25) is 9.69 Å². The Morgan fingerprint density at radius 1 is 1.32 bits per heavy atom. The summed E-state index contributed by atoms with van der Waals surface area (Å²) >= 11 is 12.2. The van der Waals surface area contributed by atoms with E-state index in [9.17, 15) is 4.79 Å². The lowest BCUT2D eigenvalue weighted by atomic mass is 9.88. The topological polar surface area (TPSA) is 20.3 Å². The zero-order chi connectivity index (χ0) is 14.2. The van der Waals surface area contributed by atoms with Crippen molar-refractivity contribution in [3.05, 3.63) is 33.8 Å². The molecule has 0 aromatic heterocycles. The summed E-state index contributed by atoms with van der Waals surface area (Å²) in [5, 5.41) is 1.34. The van der Waals surface area contributed by atoms with Gasteiger partial charge in [-0.15, -0.1) is 0 Å². The van der Waals surface area contributed by atoms with E-state index in [1.54, 1.807) is 6.07 Å². The summed E-state index contributed by atoms with van der Waals surface area (Å²) in [5.74, 6) is 0.445. The van der Waals surface area contributed by atoms with Gasteiger partial charge in [-0.25, -0.2) is 0 Å². The Bertz CT molecular complexity index is 489. The molecule has 1 aromatic carbocycles. The number of hydrogen-bond acceptors (Lipinski definition) is 2. The van der Waals surface area contributed by atoms with Crippen LogP contribution < -0.4 is 0 Å². The van der Waals surface area contributed by atoms with Crippen molar-refractivity contribution in [2.24, 2.45) is 5.92 Å². The molecule has 0 radical (unpaired) electrons. The zero-order valence-corrected chi connectivity index (χ0v) is 13.0. The number of hydrogen-bond donors (Lipinski definition) is 0. The Morgan fingerprint density at radius 2 is 2.00 bits per heavy atom. The van der Waals surface area contributed by atoms with E-state index in [-0.39, 0.29) is 18.0 Å². The number of ketones is 1.